The Balaban J connectivity index is 1.84. The maximum atomic E-state index is 11.9. The Labute approximate surface area is 148 Å². The largest absolute Gasteiger partial charge is 0.467 e. The first-order valence-corrected chi connectivity index (χ1v) is 8.20. The highest BCUT2D eigenvalue weighted by atomic mass is 79.9. The molecule has 0 bridgehead atoms. The molecule has 126 valence electrons. The van der Waals surface area contributed by atoms with Crippen LogP contribution in [0.4, 0.5) is 0 Å². The maximum absolute atomic E-state index is 11.9. The van der Waals surface area contributed by atoms with E-state index in [4.69, 9.17) is 9.15 Å². The molecule has 1 aromatic carbocycles. The van der Waals surface area contributed by atoms with Crippen LogP contribution in [0.1, 0.15) is 23.8 Å². The molecule has 5 nitrogen and oxygen atoms in total. The Morgan fingerprint density at radius 3 is 2.83 bits per heavy atom. The second kappa shape index (κ2) is 8.49. The van der Waals surface area contributed by atoms with Crippen molar-refractivity contribution in [3.63, 3.8) is 0 Å². The predicted octanol–water partition coefficient (Wildman–Crippen LogP) is 3.61. The quantitative estimate of drug-likeness (QED) is 0.603. The fourth-order valence-corrected chi connectivity index (χ4v) is 2.55. The fourth-order valence-electron chi connectivity index (χ4n) is 1.92. The Hall–Kier alpha value is -2.34. The average molecular weight is 392 g/mol. The summed E-state index contributed by atoms with van der Waals surface area (Å²) in [6.07, 6.45) is 3.57. The summed E-state index contributed by atoms with van der Waals surface area (Å²) in [5.41, 5.74) is 1.97. The van der Waals surface area contributed by atoms with Gasteiger partial charge in [0.05, 0.1) is 12.8 Å². The molecule has 0 saturated carbocycles. The Kier molecular flexibility index (Phi) is 6.37. The molecule has 1 atom stereocenters. The van der Waals surface area contributed by atoms with E-state index in [9.17, 15) is 9.59 Å². The van der Waals surface area contributed by atoms with E-state index in [1.807, 2.05) is 25.1 Å². The van der Waals surface area contributed by atoms with E-state index in [0.29, 0.717) is 5.76 Å². The van der Waals surface area contributed by atoms with Crippen molar-refractivity contribution in [2.75, 3.05) is 0 Å². The standard InChI is InChI=1S/C18H18BrNO4/c1-12-5-6-14(16(19)10-12)7-8-17(21)24-13(2)18(22)20-11-15-4-3-9-23-15/h3-10,13H,11H2,1-2H3,(H,20,22)/b8-7+/t13-/m1/s1. The summed E-state index contributed by atoms with van der Waals surface area (Å²) in [4.78, 5) is 23.7. The monoisotopic (exact) mass is 391 g/mol. The molecular formula is C18H18BrNO4. The number of carbonyl (C=O) groups is 2. The number of hydrogen-bond donors (Lipinski definition) is 1. The number of hydrogen-bond acceptors (Lipinski definition) is 4. The van der Waals surface area contributed by atoms with E-state index in [0.717, 1.165) is 15.6 Å². The van der Waals surface area contributed by atoms with Gasteiger partial charge in [0, 0.05) is 10.5 Å². The highest BCUT2D eigenvalue weighted by molar-refractivity contribution is 9.10. The van der Waals surface area contributed by atoms with Crippen LogP contribution in [0.2, 0.25) is 0 Å². The molecule has 0 fully saturated rings. The first-order valence-electron chi connectivity index (χ1n) is 7.40. The third-order valence-corrected chi connectivity index (χ3v) is 3.92. The van der Waals surface area contributed by atoms with Crippen molar-refractivity contribution in [1.29, 1.82) is 0 Å². The van der Waals surface area contributed by atoms with Gasteiger partial charge in [-0.25, -0.2) is 4.79 Å². The van der Waals surface area contributed by atoms with Crippen LogP contribution in [0.5, 0.6) is 0 Å². The van der Waals surface area contributed by atoms with Gasteiger partial charge in [-0.1, -0.05) is 28.1 Å². The van der Waals surface area contributed by atoms with Crippen LogP contribution < -0.4 is 5.32 Å². The molecule has 1 aromatic heterocycles. The SMILES string of the molecule is Cc1ccc(/C=C/C(=O)O[C@H](C)C(=O)NCc2ccco2)c(Br)c1. The maximum Gasteiger partial charge on any atom is 0.331 e. The van der Waals surface area contributed by atoms with E-state index >= 15 is 0 Å². The molecule has 0 aliphatic carbocycles. The lowest BCUT2D eigenvalue weighted by Crippen LogP contribution is -2.35. The summed E-state index contributed by atoms with van der Waals surface area (Å²) in [7, 11) is 0. The highest BCUT2D eigenvalue weighted by Gasteiger charge is 2.16. The van der Waals surface area contributed by atoms with Crippen LogP contribution in [-0.4, -0.2) is 18.0 Å². The smallest absolute Gasteiger partial charge is 0.331 e. The number of ether oxygens (including phenoxy) is 1. The molecule has 0 spiro atoms. The summed E-state index contributed by atoms with van der Waals surface area (Å²) in [5.74, 6) is -0.334. The van der Waals surface area contributed by atoms with Crippen LogP contribution in [0.15, 0.2) is 51.6 Å². The lowest BCUT2D eigenvalue weighted by Gasteiger charge is -2.11. The van der Waals surface area contributed by atoms with Crippen molar-refractivity contribution in [1.82, 2.24) is 5.32 Å². The van der Waals surface area contributed by atoms with Crippen molar-refractivity contribution < 1.29 is 18.7 Å². The summed E-state index contributed by atoms with van der Waals surface area (Å²) in [6.45, 7) is 3.75. The van der Waals surface area contributed by atoms with Gasteiger partial charge in [0.1, 0.15) is 5.76 Å². The van der Waals surface area contributed by atoms with Crippen LogP contribution in [-0.2, 0) is 20.9 Å². The molecule has 0 saturated heterocycles. The van der Waals surface area contributed by atoms with Gasteiger partial charge < -0.3 is 14.5 Å². The number of esters is 1. The minimum atomic E-state index is -0.890. The summed E-state index contributed by atoms with van der Waals surface area (Å²) in [5, 5.41) is 2.64. The Bertz CT molecular complexity index is 737. The molecule has 0 radical (unpaired) electrons. The van der Waals surface area contributed by atoms with Gasteiger partial charge in [-0.3, -0.25) is 4.79 Å². The van der Waals surface area contributed by atoms with Crippen LogP contribution in [0, 0.1) is 6.92 Å². The van der Waals surface area contributed by atoms with E-state index in [-0.39, 0.29) is 12.5 Å². The molecule has 6 heteroatoms. The molecular weight excluding hydrogens is 374 g/mol. The van der Waals surface area contributed by atoms with Crippen molar-refractivity contribution >= 4 is 33.9 Å². The second-order valence-electron chi connectivity index (χ2n) is 5.23. The first-order chi connectivity index (χ1) is 11.5. The number of aryl methyl sites for hydroxylation is 1. The van der Waals surface area contributed by atoms with Gasteiger partial charge in [-0.2, -0.15) is 0 Å². The molecule has 0 aliphatic rings. The van der Waals surface area contributed by atoms with Gasteiger partial charge in [-0.05, 0) is 49.2 Å². The lowest BCUT2D eigenvalue weighted by atomic mass is 10.1. The van der Waals surface area contributed by atoms with Crippen molar-refractivity contribution in [3.8, 4) is 0 Å². The van der Waals surface area contributed by atoms with Crippen LogP contribution in [0.3, 0.4) is 0 Å². The zero-order valence-corrected chi connectivity index (χ0v) is 15.0. The highest BCUT2D eigenvalue weighted by Crippen LogP contribution is 2.19. The molecule has 1 heterocycles. The lowest BCUT2D eigenvalue weighted by molar-refractivity contribution is -0.150. The Morgan fingerprint density at radius 1 is 1.38 bits per heavy atom. The minimum Gasteiger partial charge on any atom is -0.467 e. The number of nitrogens with one attached hydrogen (secondary N) is 1. The number of halogens is 1. The van der Waals surface area contributed by atoms with E-state index in [2.05, 4.69) is 21.2 Å². The fraction of sp³-hybridized carbons (Fsp3) is 0.222. The summed E-state index contributed by atoms with van der Waals surface area (Å²) in [6, 6.07) is 9.27. The van der Waals surface area contributed by atoms with E-state index < -0.39 is 12.1 Å². The number of carbonyl (C=O) groups excluding carboxylic acids is 2. The summed E-state index contributed by atoms with van der Waals surface area (Å²) >= 11 is 3.43. The second-order valence-corrected chi connectivity index (χ2v) is 6.09. The molecule has 2 rings (SSSR count). The molecule has 2 aromatic rings. The third kappa shape index (κ3) is 5.38. The molecule has 0 aliphatic heterocycles. The van der Waals surface area contributed by atoms with Gasteiger partial charge >= 0.3 is 5.97 Å². The van der Waals surface area contributed by atoms with Crippen molar-refractivity contribution in [2.45, 2.75) is 26.5 Å². The van der Waals surface area contributed by atoms with Crippen LogP contribution >= 0.6 is 15.9 Å². The first kappa shape index (κ1) is 18.0. The van der Waals surface area contributed by atoms with E-state index in [1.165, 1.54) is 19.3 Å². The molecule has 24 heavy (non-hydrogen) atoms. The number of benzene rings is 1. The third-order valence-electron chi connectivity index (χ3n) is 3.23. The molecule has 1 amide bonds. The number of rotatable bonds is 6. The zero-order chi connectivity index (χ0) is 17.5. The Morgan fingerprint density at radius 2 is 2.17 bits per heavy atom. The average Bonchev–Trinajstić information content (AvgIpc) is 3.05. The predicted molar refractivity (Wildman–Crippen MR) is 94.0 cm³/mol. The minimum absolute atomic E-state index is 0.250. The topological polar surface area (TPSA) is 68.5 Å². The van der Waals surface area contributed by atoms with Crippen molar-refractivity contribution in [3.05, 3.63) is 64.0 Å². The van der Waals surface area contributed by atoms with Gasteiger partial charge in [0.15, 0.2) is 6.10 Å². The zero-order valence-electron chi connectivity index (χ0n) is 13.4. The van der Waals surface area contributed by atoms with E-state index in [1.54, 1.807) is 18.2 Å². The number of amides is 1. The van der Waals surface area contributed by atoms with Crippen molar-refractivity contribution in [2.24, 2.45) is 0 Å². The molecule has 0 unspecified atom stereocenters. The molecule has 1 N–H and O–H groups in total. The van der Waals surface area contributed by atoms with Gasteiger partial charge in [0.25, 0.3) is 5.91 Å². The summed E-state index contributed by atoms with van der Waals surface area (Å²) < 4.78 is 11.1. The van der Waals surface area contributed by atoms with Crippen LogP contribution in [0.25, 0.3) is 6.08 Å². The van der Waals surface area contributed by atoms with Gasteiger partial charge in [-0.15, -0.1) is 0 Å². The normalized spacial score (nSPS) is 12.1. The van der Waals surface area contributed by atoms with Gasteiger partial charge in [0.2, 0.25) is 0 Å². The number of furan rings is 1.